The van der Waals surface area contributed by atoms with Crippen LogP contribution in [0.2, 0.25) is 0 Å². The first-order valence-electron chi connectivity index (χ1n) is 7.18. The lowest BCUT2D eigenvalue weighted by atomic mass is 9.84. The van der Waals surface area contributed by atoms with Crippen molar-refractivity contribution in [2.45, 2.75) is 31.7 Å². The van der Waals surface area contributed by atoms with E-state index in [-0.39, 0.29) is 0 Å². The van der Waals surface area contributed by atoms with Crippen molar-refractivity contribution >= 4 is 0 Å². The topological polar surface area (TPSA) is 43.8 Å². The molecule has 2 atom stereocenters. The molecule has 1 fully saturated rings. The van der Waals surface area contributed by atoms with Crippen LogP contribution in [0.4, 0.5) is 0 Å². The van der Waals surface area contributed by atoms with Gasteiger partial charge in [0.25, 0.3) is 0 Å². The molecule has 0 amide bonds. The second-order valence-electron chi connectivity index (χ2n) is 5.37. The van der Waals surface area contributed by atoms with Gasteiger partial charge in [0.2, 0.25) is 0 Å². The molecule has 3 rings (SSSR count). The second kappa shape index (κ2) is 5.57. The third-order valence-corrected chi connectivity index (χ3v) is 4.23. The quantitative estimate of drug-likeness (QED) is 0.915. The average Bonchev–Trinajstić information content (AvgIpc) is 2.97. The third-order valence-electron chi connectivity index (χ3n) is 4.23. The van der Waals surface area contributed by atoms with Gasteiger partial charge in [-0.15, -0.1) is 0 Å². The second-order valence-corrected chi connectivity index (χ2v) is 5.37. The van der Waals surface area contributed by atoms with E-state index in [4.69, 9.17) is 5.73 Å². The molecule has 0 spiro atoms. The van der Waals surface area contributed by atoms with Crippen molar-refractivity contribution in [3.8, 4) is 11.4 Å². The van der Waals surface area contributed by atoms with Crippen molar-refractivity contribution in [1.82, 2.24) is 9.55 Å². The highest BCUT2D eigenvalue weighted by Crippen LogP contribution is 2.35. The Kier molecular flexibility index (Phi) is 3.65. The van der Waals surface area contributed by atoms with Crippen LogP contribution in [0.15, 0.2) is 42.7 Å². The summed E-state index contributed by atoms with van der Waals surface area (Å²) in [5, 5.41) is 0. The molecule has 0 aliphatic heterocycles. The van der Waals surface area contributed by atoms with Crippen molar-refractivity contribution in [2.75, 3.05) is 6.54 Å². The molecule has 1 heterocycles. The maximum absolute atomic E-state index is 5.95. The van der Waals surface area contributed by atoms with Crippen molar-refractivity contribution in [2.24, 2.45) is 11.7 Å². The maximum atomic E-state index is 5.95. The van der Waals surface area contributed by atoms with Gasteiger partial charge in [-0.3, -0.25) is 0 Å². The van der Waals surface area contributed by atoms with Gasteiger partial charge in [-0.1, -0.05) is 43.2 Å². The van der Waals surface area contributed by atoms with Crippen LogP contribution < -0.4 is 5.73 Å². The van der Waals surface area contributed by atoms with E-state index in [1.165, 1.54) is 31.2 Å². The Bertz CT molecular complexity index is 518. The van der Waals surface area contributed by atoms with Gasteiger partial charge in [-0.25, -0.2) is 4.98 Å². The Morgan fingerprint density at radius 2 is 1.95 bits per heavy atom. The van der Waals surface area contributed by atoms with E-state index in [0.717, 1.165) is 12.4 Å². The summed E-state index contributed by atoms with van der Waals surface area (Å²) in [5.74, 6) is 1.66. The summed E-state index contributed by atoms with van der Waals surface area (Å²) in [6.07, 6.45) is 9.10. The summed E-state index contributed by atoms with van der Waals surface area (Å²) >= 11 is 0. The van der Waals surface area contributed by atoms with Crippen LogP contribution in [0, 0.1) is 5.92 Å². The predicted molar refractivity (Wildman–Crippen MR) is 77.7 cm³/mol. The maximum Gasteiger partial charge on any atom is 0.140 e. The molecule has 0 bridgehead atoms. The minimum Gasteiger partial charge on any atom is -0.330 e. The molecular formula is C16H21N3. The van der Waals surface area contributed by atoms with Gasteiger partial charge in [-0.05, 0) is 25.3 Å². The first kappa shape index (κ1) is 12.4. The Morgan fingerprint density at radius 3 is 2.74 bits per heavy atom. The number of rotatable bonds is 3. The summed E-state index contributed by atoms with van der Waals surface area (Å²) < 4.78 is 2.34. The molecule has 1 aromatic carbocycles. The summed E-state index contributed by atoms with van der Waals surface area (Å²) in [5.41, 5.74) is 7.14. The fourth-order valence-corrected chi connectivity index (χ4v) is 3.22. The van der Waals surface area contributed by atoms with Crippen molar-refractivity contribution in [1.29, 1.82) is 0 Å². The monoisotopic (exact) mass is 255 g/mol. The number of nitrogens with two attached hydrogens (primary N) is 1. The van der Waals surface area contributed by atoms with Gasteiger partial charge < -0.3 is 10.3 Å². The van der Waals surface area contributed by atoms with E-state index in [1.807, 2.05) is 12.3 Å². The summed E-state index contributed by atoms with van der Waals surface area (Å²) in [6, 6.07) is 10.9. The highest BCUT2D eigenvalue weighted by molar-refractivity contribution is 5.55. The van der Waals surface area contributed by atoms with E-state index >= 15 is 0 Å². The lowest BCUT2D eigenvalue weighted by Crippen LogP contribution is -2.29. The third kappa shape index (κ3) is 2.43. The van der Waals surface area contributed by atoms with Crippen molar-refractivity contribution < 1.29 is 0 Å². The molecule has 1 aliphatic carbocycles. The van der Waals surface area contributed by atoms with Crippen LogP contribution in [-0.4, -0.2) is 16.1 Å². The van der Waals surface area contributed by atoms with Gasteiger partial charge in [-0.2, -0.15) is 0 Å². The van der Waals surface area contributed by atoms with Gasteiger partial charge >= 0.3 is 0 Å². The summed E-state index contributed by atoms with van der Waals surface area (Å²) in [7, 11) is 0. The van der Waals surface area contributed by atoms with Crippen LogP contribution in [0.5, 0.6) is 0 Å². The molecule has 2 unspecified atom stereocenters. The highest BCUT2D eigenvalue weighted by Gasteiger charge is 2.26. The minimum absolute atomic E-state index is 0.511. The molecule has 3 nitrogen and oxygen atoms in total. The Morgan fingerprint density at radius 1 is 1.16 bits per heavy atom. The average molecular weight is 255 g/mol. The van der Waals surface area contributed by atoms with Gasteiger partial charge in [0, 0.05) is 24.0 Å². The molecule has 2 aromatic rings. The van der Waals surface area contributed by atoms with E-state index in [0.29, 0.717) is 12.0 Å². The zero-order valence-electron chi connectivity index (χ0n) is 11.2. The van der Waals surface area contributed by atoms with Crippen molar-refractivity contribution in [3.63, 3.8) is 0 Å². The highest BCUT2D eigenvalue weighted by atomic mass is 15.1. The number of hydrogen-bond donors (Lipinski definition) is 1. The zero-order chi connectivity index (χ0) is 13.1. The number of aromatic nitrogens is 2. The van der Waals surface area contributed by atoms with Crippen LogP contribution in [-0.2, 0) is 0 Å². The van der Waals surface area contributed by atoms with Gasteiger partial charge in [0.15, 0.2) is 0 Å². The molecule has 1 aromatic heterocycles. The molecule has 0 saturated heterocycles. The molecular weight excluding hydrogens is 234 g/mol. The van der Waals surface area contributed by atoms with E-state index in [1.54, 1.807) is 0 Å². The molecule has 0 radical (unpaired) electrons. The molecule has 3 heteroatoms. The Labute approximate surface area is 114 Å². The molecule has 19 heavy (non-hydrogen) atoms. The predicted octanol–water partition coefficient (Wildman–Crippen LogP) is 3.24. The van der Waals surface area contributed by atoms with E-state index in [9.17, 15) is 0 Å². The van der Waals surface area contributed by atoms with Gasteiger partial charge in [0.05, 0.1) is 0 Å². The number of hydrogen-bond acceptors (Lipinski definition) is 2. The first-order chi connectivity index (χ1) is 9.40. The largest absolute Gasteiger partial charge is 0.330 e. The van der Waals surface area contributed by atoms with Crippen LogP contribution in [0.1, 0.15) is 31.7 Å². The lowest BCUT2D eigenvalue weighted by Gasteiger charge is -2.32. The normalized spacial score (nSPS) is 23.4. The molecule has 2 N–H and O–H groups in total. The molecule has 100 valence electrons. The van der Waals surface area contributed by atoms with Crippen molar-refractivity contribution in [3.05, 3.63) is 42.7 Å². The first-order valence-corrected chi connectivity index (χ1v) is 7.18. The van der Waals surface area contributed by atoms with E-state index < -0.39 is 0 Å². The summed E-state index contributed by atoms with van der Waals surface area (Å²) in [6.45, 7) is 0.775. The fraction of sp³-hybridized carbons (Fsp3) is 0.438. The van der Waals surface area contributed by atoms with Crippen LogP contribution in [0.3, 0.4) is 0 Å². The Hall–Kier alpha value is -1.61. The number of imidazole rings is 1. The number of benzene rings is 1. The SMILES string of the molecule is NCC1CCCCC1n1ccnc1-c1ccccc1. The molecule has 1 saturated carbocycles. The smallest absolute Gasteiger partial charge is 0.140 e. The van der Waals surface area contributed by atoms with Gasteiger partial charge in [0.1, 0.15) is 5.82 Å². The minimum atomic E-state index is 0.511. The lowest BCUT2D eigenvalue weighted by molar-refractivity contribution is 0.246. The fourth-order valence-electron chi connectivity index (χ4n) is 3.22. The van der Waals surface area contributed by atoms with Crippen LogP contribution >= 0.6 is 0 Å². The Balaban J connectivity index is 1.95. The standard InChI is InChI=1S/C16H21N3/c17-12-14-8-4-5-9-15(14)19-11-10-18-16(19)13-6-2-1-3-7-13/h1-3,6-7,10-11,14-15H,4-5,8-9,12,17H2. The number of nitrogens with zero attached hydrogens (tertiary/aromatic N) is 2. The molecule has 1 aliphatic rings. The van der Waals surface area contributed by atoms with E-state index in [2.05, 4.69) is 40.0 Å². The summed E-state index contributed by atoms with van der Waals surface area (Å²) in [4.78, 5) is 4.55. The zero-order valence-corrected chi connectivity index (χ0v) is 11.2. The van der Waals surface area contributed by atoms with Crippen LogP contribution in [0.25, 0.3) is 11.4 Å².